The zero-order chi connectivity index (χ0) is 13.1. The van der Waals surface area contributed by atoms with Gasteiger partial charge in [0.15, 0.2) is 5.16 Å². The molecule has 5 heteroatoms. The van der Waals surface area contributed by atoms with Crippen molar-refractivity contribution < 1.29 is 0 Å². The Kier molecular flexibility index (Phi) is 4.32. The minimum absolute atomic E-state index is 0.115. The Balaban J connectivity index is 2.29. The number of hydrogen-bond acceptors (Lipinski definition) is 3. The Bertz CT molecular complexity index is 537. The number of nitrogens with two attached hydrogens (primary N) is 1. The van der Waals surface area contributed by atoms with Crippen molar-refractivity contribution in [1.29, 1.82) is 0 Å². The molecule has 0 amide bonds. The van der Waals surface area contributed by atoms with Crippen LogP contribution in [0.25, 0.3) is 0 Å². The maximum Gasteiger partial charge on any atom is 0.172 e. The normalized spacial score (nSPS) is 12.7. The molecule has 1 atom stereocenters. The molecule has 0 saturated heterocycles. The van der Waals surface area contributed by atoms with Crippen molar-refractivity contribution in [1.82, 2.24) is 9.55 Å². The molecule has 0 spiro atoms. The van der Waals surface area contributed by atoms with Gasteiger partial charge < -0.3 is 10.3 Å². The summed E-state index contributed by atoms with van der Waals surface area (Å²) in [6.07, 6.45) is 4.54. The van der Waals surface area contributed by atoms with Crippen molar-refractivity contribution in [3.05, 3.63) is 41.2 Å². The number of rotatable bonds is 4. The second-order valence-electron chi connectivity index (χ2n) is 4.36. The van der Waals surface area contributed by atoms with Gasteiger partial charge in [0, 0.05) is 35.4 Å². The molecule has 0 bridgehead atoms. The van der Waals surface area contributed by atoms with E-state index in [1.807, 2.05) is 42.9 Å². The first-order valence-electron chi connectivity index (χ1n) is 5.75. The predicted octanol–water partition coefficient (Wildman–Crippen LogP) is 3.11. The highest BCUT2D eigenvalue weighted by Crippen LogP contribution is 2.31. The summed E-state index contributed by atoms with van der Waals surface area (Å²) in [5.41, 5.74) is 7.05. The van der Waals surface area contributed by atoms with Crippen molar-refractivity contribution in [2.75, 3.05) is 0 Å². The largest absolute Gasteiger partial charge is 0.329 e. The number of imidazole rings is 1. The molecule has 1 unspecified atom stereocenters. The topological polar surface area (TPSA) is 43.8 Å². The number of halogens is 1. The van der Waals surface area contributed by atoms with E-state index < -0.39 is 0 Å². The highest BCUT2D eigenvalue weighted by Gasteiger charge is 2.10. The maximum atomic E-state index is 6.04. The number of aryl methyl sites for hydroxylation is 1. The summed E-state index contributed by atoms with van der Waals surface area (Å²) in [6.45, 7) is 2.00. The molecule has 96 valence electrons. The van der Waals surface area contributed by atoms with E-state index in [4.69, 9.17) is 17.3 Å². The van der Waals surface area contributed by atoms with Gasteiger partial charge in [-0.3, -0.25) is 0 Å². The first-order chi connectivity index (χ1) is 8.56. The molecule has 18 heavy (non-hydrogen) atoms. The van der Waals surface area contributed by atoms with Crippen LogP contribution in [0.15, 0.2) is 40.6 Å². The average molecular weight is 282 g/mol. The highest BCUT2D eigenvalue weighted by atomic mass is 35.5. The van der Waals surface area contributed by atoms with Gasteiger partial charge in [0.25, 0.3) is 0 Å². The summed E-state index contributed by atoms with van der Waals surface area (Å²) in [6, 6.07) is 6.02. The third-order valence-electron chi connectivity index (χ3n) is 2.54. The fourth-order valence-corrected chi connectivity index (χ4v) is 2.82. The molecule has 1 aromatic carbocycles. The summed E-state index contributed by atoms with van der Waals surface area (Å²) >= 11 is 7.68. The summed E-state index contributed by atoms with van der Waals surface area (Å²) in [7, 11) is 1.98. The molecule has 0 aliphatic rings. The van der Waals surface area contributed by atoms with Crippen molar-refractivity contribution in [3.8, 4) is 0 Å². The Morgan fingerprint density at radius 1 is 1.50 bits per heavy atom. The van der Waals surface area contributed by atoms with Gasteiger partial charge in [-0.05, 0) is 37.1 Å². The van der Waals surface area contributed by atoms with E-state index in [9.17, 15) is 0 Å². The smallest absolute Gasteiger partial charge is 0.172 e. The molecule has 0 radical (unpaired) electrons. The van der Waals surface area contributed by atoms with Gasteiger partial charge in [-0.1, -0.05) is 23.4 Å². The average Bonchev–Trinajstić information content (AvgIpc) is 2.67. The Morgan fingerprint density at radius 2 is 2.28 bits per heavy atom. The summed E-state index contributed by atoms with van der Waals surface area (Å²) < 4.78 is 1.99. The molecule has 2 rings (SSSR count). The van der Waals surface area contributed by atoms with Crippen LogP contribution in [0.1, 0.15) is 12.5 Å². The first-order valence-corrected chi connectivity index (χ1v) is 6.95. The van der Waals surface area contributed by atoms with Gasteiger partial charge >= 0.3 is 0 Å². The van der Waals surface area contributed by atoms with Gasteiger partial charge in [-0.15, -0.1) is 0 Å². The van der Waals surface area contributed by atoms with Crippen molar-refractivity contribution in [2.45, 2.75) is 29.4 Å². The molecule has 0 saturated carbocycles. The van der Waals surface area contributed by atoms with Crippen molar-refractivity contribution in [3.63, 3.8) is 0 Å². The van der Waals surface area contributed by atoms with Crippen LogP contribution in [-0.4, -0.2) is 15.6 Å². The van der Waals surface area contributed by atoms with Crippen molar-refractivity contribution in [2.24, 2.45) is 12.8 Å². The van der Waals surface area contributed by atoms with Gasteiger partial charge in [0.1, 0.15) is 0 Å². The van der Waals surface area contributed by atoms with E-state index in [1.165, 1.54) is 5.56 Å². The lowest BCUT2D eigenvalue weighted by molar-refractivity contribution is 0.728. The summed E-state index contributed by atoms with van der Waals surface area (Å²) in [5.74, 6) is 0. The van der Waals surface area contributed by atoms with E-state index >= 15 is 0 Å². The molecule has 0 fully saturated rings. The second kappa shape index (κ2) is 5.78. The lowest BCUT2D eigenvalue weighted by atomic mass is 10.1. The monoisotopic (exact) mass is 281 g/mol. The van der Waals surface area contributed by atoms with Gasteiger partial charge in [0.2, 0.25) is 0 Å². The van der Waals surface area contributed by atoms with E-state index in [0.717, 1.165) is 21.5 Å². The van der Waals surface area contributed by atoms with Gasteiger partial charge in [-0.25, -0.2) is 4.98 Å². The number of benzene rings is 1. The predicted molar refractivity (Wildman–Crippen MR) is 76.1 cm³/mol. The van der Waals surface area contributed by atoms with E-state index in [2.05, 4.69) is 4.98 Å². The molecule has 0 aliphatic heterocycles. The maximum absolute atomic E-state index is 6.04. The molecule has 3 nitrogen and oxygen atoms in total. The van der Waals surface area contributed by atoms with Crippen LogP contribution in [0, 0.1) is 0 Å². The molecule has 0 aliphatic carbocycles. The zero-order valence-electron chi connectivity index (χ0n) is 10.4. The van der Waals surface area contributed by atoms with Crippen LogP contribution in [-0.2, 0) is 13.5 Å². The molecule has 2 N–H and O–H groups in total. The minimum atomic E-state index is 0.115. The van der Waals surface area contributed by atoms with Crippen LogP contribution in [0.5, 0.6) is 0 Å². The van der Waals surface area contributed by atoms with Crippen LogP contribution >= 0.6 is 23.4 Å². The Hall–Kier alpha value is -0.970. The zero-order valence-corrected chi connectivity index (χ0v) is 12.0. The third kappa shape index (κ3) is 3.28. The van der Waals surface area contributed by atoms with Gasteiger partial charge in [-0.2, -0.15) is 0 Å². The molecule has 2 aromatic rings. The Labute approximate surface area is 116 Å². The lowest BCUT2D eigenvalue weighted by Gasteiger charge is -2.11. The van der Waals surface area contributed by atoms with E-state index in [-0.39, 0.29) is 6.04 Å². The molecule has 1 aromatic heterocycles. The fraction of sp³-hybridized carbons (Fsp3) is 0.308. The van der Waals surface area contributed by atoms with Crippen LogP contribution in [0.4, 0.5) is 0 Å². The van der Waals surface area contributed by atoms with Crippen LogP contribution in [0.3, 0.4) is 0 Å². The second-order valence-corrected chi connectivity index (χ2v) is 5.80. The molecular weight excluding hydrogens is 266 g/mol. The van der Waals surface area contributed by atoms with E-state index in [0.29, 0.717) is 0 Å². The highest BCUT2D eigenvalue weighted by molar-refractivity contribution is 7.99. The molecule has 1 heterocycles. The van der Waals surface area contributed by atoms with Crippen molar-refractivity contribution >= 4 is 23.4 Å². The Morgan fingerprint density at radius 3 is 2.89 bits per heavy atom. The summed E-state index contributed by atoms with van der Waals surface area (Å²) in [4.78, 5) is 5.47. The number of hydrogen-bond donors (Lipinski definition) is 1. The van der Waals surface area contributed by atoms with Gasteiger partial charge in [0.05, 0.1) is 0 Å². The van der Waals surface area contributed by atoms with Crippen LogP contribution in [0.2, 0.25) is 5.02 Å². The van der Waals surface area contributed by atoms with Crippen LogP contribution < -0.4 is 5.73 Å². The quantitative estimate of drug-likeness (QED) is 0.936. The summed E-state index contributed by atoms with van der Waals surface area (Å²) in [5, 5.41) is 1.71. The molecular formula is C13H16ClN3S. The third-order valence-corrected chi connectivity index (χ3v) is 3.97. The standard InChI is InChI=1S/C13H16ClN3S/c1-9(15)7-10-8-11(14)3-4-12(10)18-13-16-5-6-17(13)2/h3-6,8-9H,7,15H2,1-2H3. The SMILES string of the molecule is CC(N)Cc1cc(Cl)ccc1Sc1nccn1C. The lowest BCUT2D eigenvalue weighted by Crippen LogP contribution is -2.18. The number of aromatic nitrogens is 2. The van der Waals surface area contributed by atoms with E-state index in [1.54, 1.807) is 18.0 Å². The minimum Gasteiger partial charge on any atom is -0.329 e. The number of nitrogens with zero attached hydrogens (tertiary/aromatic N) is 2. The first kappa shape index (κ1) is 13.5. The fourth-order valence-electron chi connectivity index (χ4n) is 1.70.